The van der Waals surface area contributed by atoms with Gasteiger partial charge in [-0.2, -0.15) is 5.26 Å². The van der Waals surface area contributed by atoms with Crippen molar-refractivity contribution in [2.75, 3.05) is 0 Å². The Morgan fingerprint density at radius 2 is 2.23 bits per heavy atom. The Balaban J connectivity index is 1.96. The Bertz CT molecular complexity index is 806. The molecule has 0 bridgehead atoms. The summed E-state index contributed by atoms with van der Waals surface area (Å²) in [5.41, 5.74) is 3.68. The van der Waals surface area contributed by atoms with E-state index in [2.05, 4.69) is 16.0 Å². The van der Waals surface area contributed by atoms with E-state index in [1.165, 1.54) is 0 Å². The van der Waals surface area contributed by atoms with Gasteiger partial charge in [-0.25, -0.2) is 4.98 Å². The first-order valence-electron chi connectivity index (χ1n) is 6.75. The molecule has 0 aliphatic heterocycles. The van der Waals surface area contributed by atoms with Gasteiger partial charge in [-0.05, 0) is 36.1 Å². The minimum absolute atomic E-state index is 0.655. The summed E-state index contributed by atoms with van der Waals surface area (Å²) in [7, 11) is 0. The molecule has 3 aromatic heterocycles. The lowest BCUT2D eigenvalue weighted by atomic mass is 10.1. The van der Waals surface area contributed by atoms with Crippen LogP contribution < -0.4 is 0 Å². The molecular formula is C17H13N3S2. The summed E-state index contributed by atoms with van der Waals surface area (Å²) in [6.45, 7) is 1.96. The van der Waals surface area contributed by atoms with E-state index in [4.69, 9.17) is 0 Å². The van der Waals surface area contributed by atoms with Crippen molar-refractivity contribution in [1.82, 2.24) is 9.97 Å². The minimum atomic E-state index is 0.655. The predicted octanol–water partition coefficient (Wildman–Crippen LogP) is 4.68. The summed E-state index contributed by atoms with van der Waals surface area (Å²) in [6, 6.07) is 12.3. The van der Waals surface area contributed by atoms with Crippen LogP contribution in [0, 0.1) is 18.3 Å². The van der Waals surface area contributed by atoms with Crippen LogP contribution in [0.5, 0.6) is 0 Å². The molecule has 108 valence electrons. The molecule has 22 heavy (non-hydrogen) atoms. The summed E-state index contributed by atoms with van der Waals surface area (Å²) in [5.74, 6) is 0.753. The van der Waals surface area contributed by atoms with Gasteiger partial charge in [-0.3, -0.25) is 4.98 Å². The second kappa shape index (κ2) is 6.73. The van der Waals surface area contributed by atoms with E-state index in [1.807, 2.05) is 48.8 Å². The minimum Gasteiger partial charge on any atom is -0.264 e. The smallest absolute Gasteiger partial charge is 0.115 e. The number of hydrogen-bond donors (Lipinski definition) is 0. The van der Waals surface area contributed by atoms with Crippen LogP contribution in [-0.4, -0.2) is 9.97 Å². The number of aromatic nitrogens is 2. The number of pyridine rings is 2. The van der Waals surface area contributed by atoms with Crippen molar-refractivity contribution in [2.45, 2.75) is 17.7 Å². The van der Waals surface area contributed by atoms with E-state index in [0.29, 0.717) is 5.56 Å². The Labute approximate surface area is 137 Å². The summed E-state index contributed by atoms with van der Waals surface area (Å²) < 4.78 is 0. The topological polar surface area (TPSA) is 49.6 Å². The molecule has 3 aromatic rings. The van der Waals surface area contributed by atoms with E-state index < -0.39 is 0 Å². The molecule has 0 N–H and O–H groups in total. The standard InChI is InChI=1S/C17H13N3S2/c1-12-8-14(16-5-3-7-21-16)15(9-18)17(20-12)22-11-13-4-2-6-19-10-13/h2-8,10H,11H2,1H3. The van der Waals surface area contributed by atoms with Gasteiger partial charge < -0.3 is 0 Å². The summed E-state index contributed by atoms with van der Waals surface area (Å²) in [4.78, 5) is 9.77. The van der Waals surface area contributed by atoms with Gasteiger partial charge in [0.1, 0.15) is 11.1 Å². The van der Waals surface area contributed by atoms with Crippen LogP contribution >= 0.6 is 23.1 Å². The predicted molar refractivity (Wildman–Crippen MR) is 90.8 cm³/mol. The molecule has 0 spiro atoms. The molecule has 0 unspecified atom stereocenters. The molecule has 0 aliphatic rings. The number of aryl methyl sites for hydroxylation is 1. The van der Waals surface area contributed by atoms with Gasteiger partial charge >= 0.3 is 0 Å². The zero-order valence-corrected chi connectivity index (χ0v) is 13.6. The lowest BCUT2D eigenvalue weighted by molar-refractivity contribution is 1.05. The number of thioether (sulfide) groups is 1. The summed E-state index contributed by atoms with van der Waals surface area (Å²) in [6.07, 6.45) is 3.60. The third-order valence-electron chi connectivity index (χ3n) is 3.11. The number of nitriles is 1. The van der Waals surface area contributed by atoms with Gasteiger partial charge in [0.15, 0.2) is 0 Å². The second-order valence-corrected chi connectivity index (χ2v) is 6.64. The van der Waals surface area contributed by atoms with Crippen LogP contribution in [0.1, 0.15) is 16.8 Å². The maximum Gasteiger partial charge on any atom is 0.115 e. The van der Waals surface area contributed by atoms with Gasteiger partial charge in [0.05, 0.1) is 5.56 Å². The maximum absolute atomic E-state index is 9.58. The van der Waals surface area contributed by atoms with Gasteiger partial charge in [-0.15, -0.1) is 23.1 Å². The molecule has 0 aromatic carbocycles. The van der Waals surface area contributed by atoms with Crippen LogP contribution in [0.2, 0.25) is 0 Å². The Morgan fingerprint density at radius 3 is 2.91 bits per heavy atom. The lowest BCUT2D eigenvalue weighted by Gasteiger charge is -2.09. The first-order chi connectivity index (χ1) is 10.8. The highest BCUT2D eigenvalue weighted by molar-refractivity contribution is 7.98. The van der Waals surface area contributed by atoms with Crippen LogP contribution in [0.3, 0.4) is 0 Å². The van der Waals surface area contributed by atoms with Crippen molar-refractivity contribution in [3.05, 3.63) is 64.9 Å². The number of nitrogens with zero attached hydrogens (tertiary/aromatic N) is 3. The molecule has 3 nitrogen and oxygen atoms in total. The number of thiophene rings is 1. The van der Waals surface area contributed by atoms with Crippen molar-refractivity contribution >= 4 is 23.1 Å². The highest BCUT2D eigenvalue weighted by Gasteiger charge is 2.14. The van der Waals surface area contributed by atoms with Crippen LogP contribution in [0.15, 0.2) is 53.1 Å². The summed E-state index contributed by atoms with van der Waals surface area (Å²) >= 11 is 3.22. The first kappa shape index (κ1) is 14.8. The van der Waals surface area contributed by atoms with E-state index >= 15 is 0 Å². The fourth-order valence-corrected chi connectivity index (χ4v) is 3.85. The second-order valence-electron chi connectivity index (χ2n) is 4.73. The monoisotopic (exact) mass is 323 g/mol. The van der Waals surface area contributed by atoms with Crippen molar-refractivity contribution in [3.63, 3.8) is 0 Å². The average Bonchev–Trinajstić information content (AvgIpc) is 3.07. The number of hydrogen-bond acceptors (Lipinski definition) is 5. The van der Waals surface area contributed by atoms with E-state index in [0.717, 1.165) is 32.5 Å². The molecular weight excluding hydrogens is 310 g/mol. The molecule has 0 amide bonds. The average molecular weight is 323 g/mol. The van der Waals surface area contributed by atoms with Gasteiger partial charge in [0, 0.05) is 34.3 Å². The molecule has 3 heterocycles. The quantitative estimate of drug-likeness (QED) is 0.654. The zero-order valence-electron chi connectivity index (χ0n) is 12.0. The molecule has 5 heteroatoms. The zero-order chi connectivity index (χ0) is 15.4. The third kappa shape index (κ3) is 3.19. The lowest BCUT2D eigenvalue weighted by Crippen LogP contribution is -1.94. The fourth-order valence-electron chi connectivity index (χ4n) is 2.12. The Hall–Kier alpha value is -2.16. The van der Waals surface area contributed by atoms with Crippen LogP contribution in [-0.2, 0) is 5.75 Å². The van der Waals surface area contributed by atoms with E-state index in [9.17, 15) is 5.26 Å². The molecule has 0 aliphatic carbocycles. The van der Waals surface area contributed by atoms with Crippen LogP contribution in [0.25, 0.3) is 10.4 Å². The molecule has 0 saturated carbocycles. The molecule has 0 fully saturated rings. The van der Waals surface area contributed by atoms with E-state index in [-0.39, 0.29) is 0 Å². The third-order valence-corrected chi connectivity index (χ3v) is 5.06. The summed E-state index contributed by atoms with van der Waals surface area (Å²) in [5, 5.41) is 12.4. The molecule has 3 rings (SSSR count). The first-order valence-corrected chi connectivity index (χ1v) is 8.62. The highest BCUT2D eigenvalue weighted by Crippen LogP contribution is 2.34. The largest absolute Gasteiger partial charge is 0.264 e. The van der Waals surface area contributed by atoms with E-state index in [1.54, 1.807) is 29.3 Å². The van der Waals surface area contributed by atoms with Crippen molar-refractivity contribution in [1.29, 1.82) is 5.26 Å². The van der Waals surface area contributed by atoms with Crippen molar-refractivity contribution < 1.29 is 0 Å². The Kier molecular flexibility index (Phi) is 4.52. The maximum atomic E-state index is 9.58. The Morgan fingerprint density at radius 1 is 1.32 bits per heavy atom. The van der Waals surface area contributed by atoms with Gasteiger partial charge in [-0.1, -0.05) is 12.1 Å². The highest BCUT2D eigenvalue weighted by atomic mass is 32.2. The molecule has 0 atom stereocenters. The van der Waals surface area contributed by atoms with Gasteiger partial charge in [0.2, 0.25) is 0 Å². The molecule has 0 radical (unpaired) electrons. The SMILES string of the molecule is Cc1cc(-c2cccs2)c(C#N)c(SCc2cccnc2)n1. The van der Waals surface area contributed by atoms with Gasteiger partial charge in [0.25, 0.3) is 0 Å². The molecule has 0 saturated heterocycles. The van der Waals surface area contributed by atoms with Crippen LogP contribution in [0.4, 0.5) is 0 Å². The van der Waals surface area contributed by atoms with Crippen molar-refractivity contribution in [3.8, 4) is 16.5 Å². The number of rotatable bonds is 4. The van der Waals surface area contributed by atoms with Crippen molar-refractivity contribution in [2.24, 2.45) is 0 Å². The fraction of sp³-hybridized carbons (Fsp3) is 0.118. The normalized spacial score (nSPS) is 10.4.